The number of methoxy groups -OCH3 is 1. The molecule has 1 atom stereocenters. The minimum Gasteiger partial charge on any atom is -0.497 e. The summed E-state index contributed by atoms with van der Waals surface area (Å²) in [4.78, 5) is 0. The van der Waals surface area contributed by atoms with E-state index in [0.717, 1.165) is 17.6 Å². The lowest BCUT2D eigenvalue weighted by Crippen LogP contribution is -2.13. The van der Waals surface area contributed by atoms with Crippen LogP contribution in [-0.2, 0) is 0 Å². The molecule has 0 aliphatic heterocycles. The van der Waals surface area contributed by atoms with Crippen LogP contribution in [-0.4, -0.2) is 7.11 Å². The van der Waals surface area contributed by atoms with Crippen LogP contribution in [0.1, 0.15) is 80.9 Å². The van der Waals surface area contributed by atoms with E-state index in [4.69, 9.17) is 4.74 Å². The highest BCUT2D eigenvalue weighted by Crippen LogP contribution is 2.38. The van der Waals surface area contributed by atoms with E-state index in [2.05, 4.69) is 74.5 Å². The van der Waals surface area contributed by atoms with E-state index in [-0.39, 0.29) is 0 Å². The van der Waals surface area contributed by atoms with Crippen LogP contribution in [0.15, 0.2) is 72.8 Å². The Morgan fingerprint density at radius 3 is 1.77 bits per heavy atom. The van der Waals surface area contributed by atoms with E-state index in [1.807, 2.05) is 12.1 Å². The third-order valence-corrected chi connectivity index (χ3v) is 7.29. The van der Waals surface area contributed by atoms with Crippen LogP contribution in [0.5, 0.6) is 5.75 Å². The average molecular weight is 413 g/mol. The maximum Gasteiger partial charge on any atom is 0.118 e. The van der Waals surface area contributed by atoms with Gasteiger partial charge in [-0.3, -0.25) is 0 Å². The van der Waals surface area contributed by atoms with Crippen molar-refractivity contribution in [3.63, 3.8) is 0 Å². The monoisotopic (exact) mass is 412 g/mol. The van der Waals surface area contributed by atoms with Crippen LogP contribution in [0, 0.1) is 5.92 Å². The molecule has 1 aliphatic carbocycles. The summed E-state index contributed by atoms with van der Waals surface area (Å²) in [5, 5.41) is 0. The molecule has 0 saturated heterocycles. The van der Waals surface area contributed by atoms with Gasteiger partial charge in [0.05, 0.1) is 7.11 Å². The van der Waals surface area contributed by atoms with Crippen molar-refractivity contribution in [3.8, 4) is 16.9 Å². The zero-order valence-electron chi connectivity index (χ0n) is 19.3. The van der Waals surface area contributed by atoms with E-state index >= 15 is 0 Å². The number of hydrogen-bond acceptors (Lipinski definition) is 1. The zero-order chi connectivity index (χ0) is 21.6. The topological polar surface area (TPSA) is 9.23 Å². The highest BCUT2D eigenvalue weighted by atomic mass is 16.5. The van der Waals surface area contributed by atoms with Crippen molar-refractivity contribution in [3.05, 3.63) is 89.5 Å². The first-order valence-corrected chi connectivity index (χ1v) is 12.0. The second-order valence-corrected chi connectivity index (χ2v) is 9.25. The van der Waals surface area contributed by atoms with Crippen molar-refractivity contribution < 1.29 is 4.74 Å². The Bertz CT molecular complexity index is 929. The first kappa shape index (κ1) is 21.7. The van der Waals surface area contributed by atoms with Crippen LogP contribution in [0.3, 0.4) is 0 Å². The Kier molecular flexibility index (Phi) is 7.12. The van der Waals surface area contributed by atoms with Gasteiger partial charge in [0.2, 0.25) is 0 Å². The molecule has 31 heavy (non-hydrogen) atoms. The molecular weight excluding hydrogens is 376 g/mol. The zero-order valence-corrected chi connectivity index (χ0v) is 19.3. The molecule has 0 amide bonds. The molecule has 1 aliphatic rings. The molecule has 0 spiro atoms. The smallest absolute Gasteiger partial charge is 0.118 e. The summed E-state index contributed by atoms with van der Waals surface area (Å²) in [6.45, 7) is 4.58. The van der Waals surface area contributed by atoms with Gasteiger partial charge in [0.1, 0.15) is 5.75 Å². The molecule has 0 aromatic heterocycles. The van der Waals surface area contributed by atoms with Crippen LogP contribution in [0.2, 0.25) is 0 Å². The molecular formula is C30H36O. The summed E-state index contributed by atoms with van der Waals surface area (Å²) in [5.74, 6) is 3.00. The maximum absolute atomic E-state index is 5.28. The Morgan fingerprint density at radius 1 is 0.742 bits per heavy atom. The minimum absolute atomic E-state index is 0.366. The number of benzene rings is 3. The number of ether oxygens (including phenoxy) is 1. The molecule has 1 unspecified atom stereocenters. The third-order valence-electron chi connectivity index (χ3n) is 7.29. The Hall–Kier alpha value is -2.54. The summed E-state index contributed by atoms with van der Waals surface area (Å²) in [5.41, 5.74) is 6.79. The fourth-order valence-corrected chi connectivity index (χ4v) is 5.19. The second kappa shape index (κ2) is 10.2. The largest absolute Gasteiger partial charge is 0.497 e. The van der Waals surface area contributed by atoms with Crippen molar-refractivity contribution in [1.29, 1.82) is 0 Å². The number of hydrogen-bond donors (Lipinski definition) is 0. The van der Waals surface area contributed by atoms with Crippen molar-refractivity contribution in [1.82, 2.24) is 0 Å². The van der Waals surface area contributed by atoms with Gasteiger partial charge in [-0.15, -0.1) is 0 Å². The molecule has 162 valence electrons. The number of rotatable bonds is 7. The van der Waals surface area contributed by atoms with Crippen LogP contribution in [0.4, 0.5) is 0 Å². The van der Waals surface area contributed by atoms with E-state index in [1.54, 1.807) is 7.11 Å². The molecule has 0 N–H and O–H groups in total. The highest BCUT2D eigenvalue weighted by Gasteiger charge is 2.21. The molecule has 0 radical (unpaired) electrons. The highest BCUT2D eigenvalue weighted by molar-refractivity contribution is 5.64. The van der Waals surface area contributed by atoms with Gasteiger partial charge in [-0.05, 0) is 77.5 Å². The molecule has 4 rings (SSSR count). The summed E-state index contributed by atoms with van der Waals surface area (Å²) in [6, 6.07) is 26.8. The fraction of sp³-hybridized carbons (Fsp3) is 0.400. The van der Waals surface area contributed by atoms with E-state index in [9.17, 15) is 0 Å². The molecule has 3 aromatic carbocycles. The molecule has 1 nitrogen and oxygen atoms in total. The Morgan fingerprint density at radius 2 is 1.26 bits per heavy atom. The lowest BCUT2D eigenvalue weighted by atomic mass is 9.77. The molecule has 0 heterocycles. The predicted octanol–water partition coefficient (Wildman–Crippen LogP) is 8.59. The standard InChI is InChI=1S/C30H36O/c1-4-5-23-6-8-26(9-7-23)28-14-16-29(17-15-28)27-12-10-24(11-13-27)22(2)25-18-20-30(31-3)21-19-25/h10-23,26H,4-9H2,1-3H3. The van der Waals surface area contributed by atoms with Crippen molar-refractivity contribution in [2.75, 3.05) is 7.11 Å². The molecule has 1 heteroatoms. The van der Waals surface area contributed by atoms with Gasteiger partial charge in [0.25, 0.3) is 0 Å². The van der Waals surface area contributed by atoms with Crippen LogP contribution in [0.25, 0.3) is 11.1 Å². The summed E-state index contributed by atoms with van der Waals surface area (Å²) in [7, 11) is 1.71. The van der Waals surface area contributed by atoms with Gasteiger partial charge in [0, 0.05) is 5.92 Å². The second-order valence-electron chi connectivity index (χ2n) is 9.25. The lowest BCUT2D eigenvalue weighted by molar-refractivity contribution is 0.308. The van der Waals surface area contributed by atoms with Crippen molar-refractivity contribution >= 4 is 0 Å². The Balaban J connectivity index is 1.41. The predicted molar refractivity (Wildman–Crippen MR) is 132 cm³/mol. The van der Waals surface area contributed by atoms with Gasteiger partial charge in [-0.25, -0.2) is 0 Å². The van der Waals surface area contributed by atoms with Gasteiger partial charge >= 0.3 is 0 Å². The molecule has 3 aromatic rings. The van der Waals surface area contributed by atoms with Gasteiger partial charge in [-0.2, -0.15) is 0 Å². The lowest BCUT2D eigenvalue weighted by Gasteiger charge is -2.28. The molecule has 1 fully saturated rings. The SMILES string of the molecule is CCCC1CCC(c2ccc(-c3ccc(C(C)c4ccc(OC)cc4)cc3)cc2)CC1. The third kappa shape index (κ3) is 5.21. The first-order chi connectivity index (χ1) is 15.2. The van der Waals surface area contributed by atoms with Gasteiger partial charge in [0.15, 0.2) is 0 Å². The van der Waals surface area contributed by atoms with E-state index in [1.165, 1.54) is 66.3 Å². The summed E-state index contributed by atoms with van der Waals surface area (Å²) >= 11 is 0. The van der Waals surface area contributed by atoms with Crippen LogP contribution < -0.4 is 4.74 Å². The van der Waals surface area contributed by atoms with E-state index in [0.29, 0.717) is 5.92 Å². The summed E-state index contributed by atoms with van der Waals surface area (Å²) in [6.07, 6.45) is 8.30. The van der Waals surface area contributed by atoms with Crippen molar-refractivity contribution in [2.24, 2.45) is 5.92 Å². The van der Waals surface area contributed by atoms with Gasteiger partial charge in [-0.1, -0.05) is 87.4 Å². The quantitative estimate of drug-likeness (QED) is 0.377. The Labute approximate surface area is 188 Å². The van der Waals surface area contributed by atoms with E-state index < -0.39 is 0 Å². The normalized spacial score (nSPS) is 19.7. The summed E-state index contributed by atoms with van der Waals surface area (Å²) < 4.78 is 5.28. The minimum atomic E-state index is 0.366. The maximum atomic E-state index is 5.28. The van der Waals surface area contributed by atoms with Crippen molar-refractivity contribution in [2.45, 2.75) is 64.2 Å². The first-order valence-electron chi connectivity index (χ1n) is 12.0. The van der Waals surface area contributed by atoms with Crippen LogP contribution >= 0.6 is 0 Å². The molecule has 1 saturated carbocycles. The fourth-order valence-electron chi connectivity index (χ4n) is 5.19. The van der Waals surface area contributed by atoms with Gasteiger partial charge < -0.3 is 4.74 Å². The molecule has 0 bridgehead atoms. The average Bonchev–Trinajstić information content (AvgIpc) is 2.85.